The third-order valence-corrected chi connectivity index (χ3v) is 8.09. The summed E-state index contributed by atoms with van der Waals surface area (Å²) in [5, 5.41) is 5.25. The molecule has 1 N–H and O–H groups in total. The van der Waals surface area contributed by atoms with Crippen molar-refractivity contribution in [1.29, 1.82) is 0 Å². The summed E-state index contributed by atoms with van der Waals surface area (Å²) in [7, 11) is 3.02. The number of fused-ring (bicyclic) bond motifs is 1. The van der Waals surface area contributed by atoms with Gasteiger partial charge in [0, 0.05) is 23.1 Å². The average Bonchev–Trinajstić information content (AvgIpc) is 3.40. The molecule has 0 bridgehead atoms. The minimum Gasteiger partial charge on any atom is -0.495 e. The molecular formula is C19H19ClN2O4S2. The van der Waals surface area contributed by atoms with Crippen LogP contribution in [-0.4, -0.2) is 42.7 Å². The van der Waals surface area contributed by atoms with Gasteiger partial charge in [0.05, 0.1) is 24.9 Å². The van der Waals surface area contributed by atoms with Crippen molar-refractivity contribution in [3.05, 3.63) is 39.5 Å². The number of anilines is 1. The van der Waals surface area contributed by atoms with Crippen LogP contribution in [0, 0.1) is 0 Å². The average molecular weight is 439 g/mol. The molecule has 3 heterocycles. The smallest absolute Gasteiger partial charge is 0.248 e. The van der Waals surface area contributed by atoms with Gasteiger partial charge in [-0.2, -0.15) is 0 Å². The highest BCUT2D eigenvalue weighted by atomic mass is 35.5. The molecule has 0 saturated carbocycles. The molecule has 2 amide bonds. The number of hydrogen-bond donors (Lipinski definition) is 1. The van der Waals surface area contributed by atoms with Gasteiger partial charge >= 0.3 is 0 Å². The minimum atomic E-state index is -0.548. The Bertz CT molecular complexity index is 921. The highest BCUT2D eigenvalue weighted by Gasteiger charge is 2.57. The molecule has 2 aliphatic rings. The van der Waals surface area contributed by atoms with E-state index in [4.69, 9.17) is 21.1 Å². The molecule has 2 aromatic rings. The summed E-state index contributed by atoms with van der Waals surface area (Å²) < 4.78 is 10.5. The first kappa shape index (κ1) is 19.4. The molecule has 0 aliphatic carbocycles. The summed E-state index contributed by atoms with van der Waals surface area (Å²) >= 11 is 9.49. The first-order valence-electron chi connectivity index (χ1n) is 8.72. The quantitative estimate of drug-likeness (QED) is 0.765. The maximum Gasteiger partial charge on any atom is 0.248 e. The first-order valence-corrected chi connectivity index (χ1v) is 11.0. The van der Waals surface area contributed by atoms with Gasteiger partial charge < -0.3 is 19.7 Å². The summed E-state index contributed by atoms with van der Waals surface area (Å²) in [4.78, 5) is 28.2. The SMILES string of the molecule is COc1cc(OC)c(NC(=O)C2CSC3(c4cccs4)CCC(=O)N23)cc1Cl. The Balaban J connectivity index is 1.61. The monoisotopic (exact) mass is 438 g/mol. The number of carbonyl (C=O) groups excluding carboxylic acids is 2. The van der Waals surface area contributed by atoms with Gasteiger partial charge in [0.25, 0.3) is 0 Å². The van der Waals surface area contributed by atoms with Gasteiger partial charge in [-0.25, -0.2) is 0 Å². The molecule has 2 unspecified atom stereocenters. The number of thioether (sulfide) groups is 1. The molecule has 4 rings (SSSR count). The van der Waals surface area contributed by atoms with Crippen molar-refractivity contribution in [2.45, 2.75) is 23.8 Å². The number of methoxy groups -OCH3 is 2. The molecular weight excluding hydrogens is 420 g/mol. The van der Waals surface area contributed by atoms with Gasteiger partial charge in [0.2, 0.25) is 11.8 Å². The molecule has 148 valence electrons. The van der Waals surface area contributed by atoms with Crippen molar-refractivity contribution in [2.24, 2.45) is 0 Å². The number of carbonyl (C=O) groups is 2. The lowest BCUT2D eigenvalue weighted by Crippen LogP contribution is -2.47. The van der Waals surface area contributed by atoms with Gasteiger partial charge in [-0.3, -0.25) is 9.59 Å². The fourth-order valence-corrected chi connectivity index (χ4v) is 6.72. The van der Waals surface area contributed by atoms with Crippen LogP contribution < -0.4 is 14.8 Å². The molecule has 2 saturated heterocycles. The maximum atomic E-state index is 13.1. The topological polar surface area (TPSA) is 67.9 Å². The number of halogens is 1. The van der Waals surface area contributed by atoms with Crippen molar-refractivity contribution in [3.63, 3.8) is 0 Å². The van der Waals surface area contributed by atoms with E-state index < -0.39 is 10.9 Å². The number of amides is 2. The summed E-state index contributed by atoms with van der Waals surface area (Å²) in [5.74, 6) is 1.21. The Hall–Kier alpha value is -1.90. The molecule has 1 aromatic carbocycles. The van der Waals surface area contributed by atoms with Crippen LogP contribution in [0.1, 0.15) is 17.7 Å². The lowest BCUT2D eigenvalue weighted by molar-refractivity contribution is -0.136. The Morgan fingerprint density at radius 2 is 2.11 bits per heavy atom. The minimum absolute atomic E-state index is 0.0123. The highest BCUT2D eigenvalue weighted by Crippen LogP contribution is 2.55. The van der Waals surface area contributed by atoms with E-state index in [1.165, 1.54) is 14.2 Å². The summed E-state index contributed by atoms with van der Waals surface area (Å²) in [6.45, 7) is 0. The van der Waals surface area contributed by atoms with Crippen molar-refractivity contribution in [2.75, 3.05) is 25.3 Å². The Morgan fingerprint density at radius 3 is 2.79 bits per heavy atom. The molecule has 2 atom stereocenters. The predicted molar refractivity (Wildman–Crippen MR) is 112 cm³/mol. The van der Waals surface area contributed by atoms with Crippen LogP contribution in [0.2, 0.25) is 5.02 Å². The van der Waals surface area contributed by atoms with E-state index in [-0.39, 0.29) is 11.8 Å². The molecule has 9 heteroatoms. The largest absolute Gasteiger partial charge is 0.495 e. The second-order valence-electron chi connectivity index (χ2n) is 6.53. The Labute approximate surface area is 176 Å². The number of nitrogens with zero attached hydrogens (tertiary/aromatic N) is 1. The molecule has 2 aliphatic heterocycles. The molecule has 2 fully saturated rings. The van der Waals surface area contributed by atoms with Gasteiger partial charge in [0.15, 0.2) is 0 Å². The van der Waals surface area contributed by atoms with Crippen LogP contribution >= 0.6 is 34.7 Å². The van der Waals surface area contributed by atoms with E-state index in [9.17, 15) is 9.59 Å². The van der Waals surface area contributed by atoms with E-state index >= 15 is 0 Å². The van der Waals surface area contributed by atoms with Crippen molar-refractivity contribution >= 4 is 52.2 Å². The number of ether oxygens (including phenoxy) is 2. The standard InChI is InChI=1S/C19H19ClN2O4S2/c1-25-14-9-15(26-2)12(8-11(14)20)21-18(24)13-10-28-19(16-4-3-7-27-16)6-5-17(23)22(13)19/h3-4,7-9,13H,5-6,10H2,1-2H3,(H,21,24). The van der Waals surface area contributed by atoms with Crippen molar-refractivity contribution in [3.8, 4) is 11.5 Å². The van der Waals surface area contributed by atoms with Crippen molar-refractivity contribution < 1.29 is 19.1 Å². The van der Waals surface area contributed by atoms with Crippen LogP contribution in [0.3, 0.4) is 0 Å². The third kappa shape index (κ3) is 3.03. The van der Waals surface area contributed by atoms with Gasteiger partial charge in [-0.15, -0.1) is 23.1 Å². The number of rotatable bonds is 5. The van der Waals surface area contributed by atoms with Crippen LogP contribution in [0.25, 0.3) is 0 Å². The van der Waals surface area contributed by atoms with Gasteiger partial charge in [0.1, 0.15) is 22.4 Å². The fraction of sp³-hybridized carbons (Fsp3) is 0.368. The normalized spacial score (nSPS) is 23.6. The molecule has 1 aromatic heterocycles. The third-order valence-electron chi connectivity index (χ3n) is 5.07. The number of benzene rings is 1. The van der Waals surface area contributed by atoms with Crippen LogP contribution in [0.5, 0.6) is 11.5 Å². The van der Waals surface area contributed by atoms with Crippen molar-refractivity contribution in [1.82, 2.24) is 4.90 Å². The fourth-order valence-electron chi connectivity index (χ4n) is 3.76. The Morgan fingerprint density at radius 1 is 1.32 bits per heavy atom. The Kier molecular flexibility index (Phi) is 5.20. The van der Waals surface area contributed by atoms with E-state index in [1.807, 2.05) is 17.5 Å². The molecule has 6 nitrogen and oxygen atoms in total. The van der Waals surface area contributed by atoms with E-state index in [0.29, 0.717) is 34.4 Å². The second kappa shape index (κ2) is 7.50. The number of hydrogen-bond acceptors (Lipinski definition) is 6. The van der Waals surface area contributed by atoms with Crippen LogP contribution in [-0.2, 0) is 14.5 Å². The first-order chi connectivity index (χ1) is 13.5. The van der Waals surface area contributed by atoms with Crippen LogP contribution in [0.4, 0.5) is 5.69 Å². The number of thiophene rings is 1. The summed E-state index contributed by atoms with van der Waals surface area (Å²) in [6, 6.07) is 6.69. The summed E-state index contributed by atoms with van der Waals surface area (Å²) in [5.41, 5.74) is 0.448. The van der Waals surface area contributed by atoms with E-state index in [1.54, 1.807) is 40.1 Å². The lowest BCUT2D eigenvalue weighted by Gasteiger charge is -2.32. The number of nitrogens with one attached hydrogen (secondary N) is 1. The summed E-state index contributed by atoms with van der Waals surface area (Å²) in [6.07, 6.45) is 1.17. The molecule has 0 radical (unpaired) electrons. The van der Waals surface area contributed by atoms with Gasteiger partial charge in [-0.1, -0.05) is 17.7 Å². The van der Waals surface area contributed by atoms with Crippen LogP contribution in [0.15, 0.2) is 29.6 Å². The van der Waals surface area contributed by atoms with Gasteiger partial charge in [-0.05, 0) is 23.9 Å². The zero-order chi connectivity index (χ0) is 19.9. The predicted octanol–water partition coefficient (Wildman–Crippen LogP) is 3.95. The molecule has 28 heavy (non-hydrogen) atoms. The van der Waals surface area contributed by atoms with E-state index in [2.05, 4.69) is 5.32 Å². The maximum absolute atomic E-state index is 13.1. The lowest BCUT2D eigenvalue weighted by atomic mass is 10.1. The highest BCUT2D eigenvalue weighted by molar-refractivity contribution is 8.00. The zero-order valence-electron chi connectivity index (χ0n) is 15.4. The second-order valence-corrected chi connectivity index (χ2v) is 9.18. The zero-order valence-corrected chi connectivity index (χ0v) is 17.7. The molecule has 0 spiro atoms. The van der Waals surface area contributed by atoms with E-state index in [0.717, 1.165) is 11.3 Å².